The van der Waals surface area contributed by atoms with Crippen LogP contribution in [-0.4, -0.2) is 16.1 Å². The Morgan fingerprint density at radius 3 is 2.76 bits per heavy atom. The highest BCUT2D eigenvalue weighted by Crippen LogP contribution is 2.31. The molecule has 0 N–H and O–H groups in total. The number of aromatic nitrogens is 1. The Labute approximate surface area is 170 Å². The molecular formula is C22H14ClN3O3. The molecule has 4 aromatic rings. The lowest BCUT2D eigenvalue weighted by Gasteiger charge is -1.96. The van der Waals surface area contributed by atoms with Gasteiger partial charge in [-0.15, -0.1) is 0 Å². The van der Waals surface area contributed by atoms with Gasteiger partial charge in [-0.2, -0.15) is 0 Å². The molecule has 0 atom stereocenters. The summed E-state index contributed by atoms with van der Waals surface area (Å²) in [5.41, 5.74) is 3.54. The van der Waals surface area contributed by atoms with Crippen LogP contribution in [-0.2, 0) is 0 Å². The molecule has 0 aliphatic heterocycles. The highest BCUT2D eigenvalue weighted by Gasteiger charge is 2.11. The Morgan fingerprint density at radius 2 is 1.93 bits per heavy atom. The molecule has 7 heteroatoms. The summed E-state index contributed by atoms with van der Waals surface area (Å²) in [7, 11) is 0. The monoisotopic (exact) mass is 403 g/mol. The highest BCUT2D eigenvalue weighted by atomic mass is 35.5. The molecule has 1 aromatic heterocycles. The van der Waals surface area contributed by atoms with Crippen molar-refractivity contribution in [3.8, 4) is 11.5 Å². The van der Waals surface area contributed by atoms with Gasteiger partial charge in [-0.05, 0) is 42.0 Å². The summed E-state index contributed by atoms with van der Waals surface area (Å²) in [4.78, 5) is 19.3. The molecule has 0 spiro atoms. The number of hydrogen-bond donors (Lipinski definition) is 0. The summed E-state index contributed by atoms with van der Waals surface area (Å²) in [5, 5.41) is 11.4. The molecule has 0 radical (unpaired) electrons. The van der Waals surface area contributed by atoms with Gasteiger partial charge in [0, 0.05) is 18.3 Å². The summed E-state index contributed by atoms with van der Waals surface area (Å²) in [6.07, 6.45) is 5.09. The molecular weight excluding hydrogens is 390 g/mol. The fraction of sp³-hybridized carbons (Fsp3) is 0. The molecule has 0 fully saturated rings. The van der Waals surface area contributed by atoms with Gasteiger partial charge in [0.15, 0.2) is 5.58 Å². The van der Waals surface area contributed by atoms with Crippen LogP contribution in [0.3, 0.4) is 0 Å². The average molecular weight is 404 g/mol. The predicted octanol–water partition coefficient (Wildman–Crippen LogP) is 6.47. The maximum absolute atomic E-state index is 10.8. The second-order valence-electron chi connectivity index (χ2n) is 6.14. The van der Waals surface area contributed by atoms with E-state index in [2.05, 4.69) is 9.98 Å². The standard InChI is InChI=1S/C22H14ClN3O3/c23-19-9-2-1-8-18(19)22-25-20-14-16(10-11-21(20)29-22)24-12-4-6-15-5-3-7-17(13-15)26(27)28/h1-14H/b6-4+,24-12?. The Bertz CT molecular complexity index is 1260. The third-order valence-corrected chi connectivity index (χ3v) is 4.48. The quantitative estimate of drug-likeness (QED) is 0.217. The van der Waals surface area contributed by atoms with Crippen LogP contribution < -0.4 is 0 Å². The highest BCUT2D eigenvalue weighted by molar-refractivity contribution is 6.33. The Balaban J connectivity index is 1.53. The van der Waals surface area contributed by atoms with E-state index in [0.29, 0.717) is 27.7 Å². The summed E-state index contributed by atoms with van der Waals surface area (Å²) in [6, 6.07) is 19.2. The Hall–Kier alpha value is -3.77. The van der Waals surface area contributed by atoms with Gasteiger partial charge in [-0.3, -0.25) is 15.1 Å². The zero-order valence-electron chi connectivity index (χ0n) is 15.0. The second kappa shape index (κ2) is 8.08. The van der Waals surface area contributed by atoms with E-state index in [0.717, 1.165) is 11.1 Å². The minimum absolute atomic E-state index is 0.0508. The fourth-order valence-corrected chi connectivity index (χ4v) is 2.99. The largest absolute Gasteiger partial charge is 0.436 e. The van der Waals surface area contributed by atoms with Gasteiger partial charge >= 0.3 is 0 Å². The van der Waals surface area contributed by atoms with Crippen molar-refractivity contribution >= 4 is 46.4 Å². The van der Waals surface area contributed by atoms with Gasteiger partial charge < -0.3 is 4.42 Å². The first-order chi connectivity index (χ1) is 14.1. The second-order valence-corrected chi connectivity index (χ2v) is 6.55. The van der Waals surface area contributed by atoms with Crippen molar-refractivity contribution in [1.82, 2.24) is 4.98 Å². The predicted molar refractivity (Wildman–Crippen MR) is 115 cm³/mol. The number of aliphatic imine (C=N–C) groups is 1. The Kier molecular flexibility index (Phi) is 5.18. The van der Waals surface area contributed by atoms with Gasteiger partial charge in [0.2, 0.25) is 5.89 Å². The molecule has 0 bridgehead atoms. The molecule has 0 unspecified atom stereocenters. The molecule has 1 heterocycles. The van der Waals surface area contributed by atoms with Crippen molar-refractivity contribution in [2.75, 3.05) is 0 Å². The molecule has 0 saturated carbocycles. The molecule has 3 aromatic carbocycles. The topological polar surface area (TPSA) is 81.5 Å². The zero-order chi connectivity index (χ0) is 20.2. The smallest absolute Gasteiger partial charge is 0.270 e. The number of non-ortho nitro benzene ring substituents is 1. The minimum Gasteiger partial charge on any atom is -0.436 e. The number of halogens is 1. The SMILES string of the molecule is O=[N+]([O-])c1cccc(/C=C/C=Nc2ccc3oc(-c4ccccc4Cl)nc3c2)c1. The molecule has 29 heavy (non-hydrogen) atoms. The van der Waals surface area contributed by atoms with Crippen LogP contribution in [0.4, 0.5) is 11.4 Å². The van der Waals surface area contributed by atoms with Crippen molar-refractivity contribution in [1.29, 1.82) is 0 Å². The maximum atomic E-state index is 10.8. The van der Waals surface area contributed by atoms with E-state index >= 15 is 0 Å². The molecule has 4 rings (SSSR count). The fourth-order valence-electron chi connectivity index (χ4n) is 2.77. The number of oxazole rings is 1. The van der Waals surface area contributed by atoms with Gasteiger partial charge in [0.1, 0.15) is 5.52 Å². The van der Waals surface area contributed by atoms with Crippen LogP contribution >= 0.6 is 11.6 Å². The van der Waals surface area contributed by atoms with Gasteiger partial charge in [0.25, 0.3) is 5.69 Å². The van der Waals surface area contributed by atoms with Crippen LogP contribution in [0.2, 0.25) is 5.02 Å². The number of rotatable bonds is 5. The Morgan fingerprint density at radius 1 is 1.07 bits per heavy atom. The number of allylic oxidation sites excluding steroid dienone is 1. The summed E-state index contributed by atoms with van der Waals surface area (Å²) in [5.74, 6) is 0.456. The maximum Gasteiger partial charge on any atom is 0.270 e. The molecule has 0 saturated heterocycles. The first-order valence-electron chi connectivity index (χ1n) is 8.71. The van der Waals surface area contributed by atoms with Crippen LogP contribution in [0.25, 0.3) is 28.6 Å². The number of nitro benzene ring substituents is 1. The van der Waals surface area contributed by atoms with Crippen LogP contribution in [0.15, 0.2) is 82.2 Å². The lowest BCUT2D eigenvalue weighted by atomic mass is 10.2. The van der Waals surface area contributed by atoms with Crippen molar-refractivity contribution < 1.29 is 9.34 Å². The average Bonchev–Trinajstić information content (AvgIpc) is 3.15. The summed E-state index contributed by atoms with van der Waals surface area (Å²) >= 11 is 6.21. The third kappa shape index (κ3) is 4.23. The number of nitrogens with zero attached hydrogens (tertiary/aromatic N) is 3. The number of benzene rings is 3. The van der Waals surface area contributed by atoms with Crippen molar-refractivity contribution in [3.05, 3.63) is 93.5 Å². The van der Waals surface area contributed by atoms with E-state index in [1.807, 2.05) is 30.3 Å². The van der Waals surface area contributed by atoms with Crippen LogP contribution in [0.1, 0.15) is 5.56 Å². The van der Waals surface area contributed by atoms with E-state index in [1.165, 1.54) is 12.1 Å². The zero-order valence-corrected chi connectivity index (χ0v) is 15.8. The van der Waals surface area contributed by atoms with Crippen LogP contribution in [0.5, 0.6) is 0 Å². The van der Waals surface area contributed by atoms with E-state index in [4.69, 9.17) is 16.0 Å². The van der Waals surface area contributed by atoms with Gasteiger partial charge in [-0.25, -0.2) is 4.98 Å². The molecule has 0 aliphatic rings. The van der Waals surface area contributed by atoms with Crippen LogP contribution in [0, 0.1) is 10.1 Å². The van der Waals surface area contributed by atoms with Gasteiger partial charge in [0.05, 0.1) is 21.2 Å². The first-order valence-corrected chi connectivity index (χ1v) is 9.09. The molecule has 0 amide bonds. The normalized spacial score (nSPS) is 11.6. The summed E-state index contributed by atoms with van der Waals surface area (Å²) < 4.78 is 5.79. The van der Waals surface area contributed by atoms with Gasteiger partial charge in [-0.1, -0.05) is 41.9 Å². The van der Waals surface area contributed by atoms with Crippen molar-refractivity contribution in [3.63, 3.8) is 0 Å². The molecule has 142 valence electrons. The third-order valence-electron chi connectivity index (χ3n) is 4.15. The number of hydrogen-bond acceptors (Lipinski definition) is 5. The molecule has 6 nitrogen and oxygen atoms in total. The molecule has 0 aliphatic carbocycles. The van der Waals surface area contributed by atoms with Crippen molar-refractivity contribution in [2.24, 2.45) is 4.99 Å². The van der Waals surface area contributed by atoms with E-state index in [1.54, 1.807) is 42.6 Å². The number of nitro groups is 1. The minimum atomic E-state index is -0.421. The lowest BCUT2D eigenvalue weighted by molar-refractivity contribution is -0.384. The van der Waals surface area contributed by atoms with Crippen molar-refractivity contribution in [2.45, 2.75) is 0 Å². The summed E-state index contributed by atoms with van der Waals surface area (Å²) in [6.45, 7) is 0. The van der Waals surface area contributed by atoms with E-state index in [9.17, 15) is 10.1 Å². The number of fused-ring (bicyclic) bond motifs is 1. The lowest BCUT2D eigenvalue weighted by Crippen LogP contribution is -1.87. The van der Waals surface area contributed by atoms with E-state index in [-0.39, 0.29) is 5.69 Å². The first kappa shape index (κ1) is 18.6. The van der Waals surface area contributed by atoms with E-state index < -0.39 is 4.92 Å².